The third kappa shape index (κ3) is 8.63. The second kappa shape index (κ2) is 17.4. The van der Waals surface area contributed by atoms with Crippen molar-refractivity contribution in [2.75, 3.05) is 27.5 Å². The highest BCUT2D eigenvalue weighted by Crippen LogP contribution is 2.36. The summed E-state index contributed by atoms with van der Waals surface area (Å²) in [6.45, 7) is 14.1. The maximum Gasteiger partial charge on any atom is 0.330 e. The number of nitrogens with one attached hydrogen (secondary N) is 2. The normalized spacial score (nSPS) is 19.9. The fourth-order valence-corrected chi connectivity index (χ4v) is 6.62. The fourth-order valence-electron chi connectivity index (χ4n) is 6.62. The number of ketones is 1. The summed E-state index contributed by atoms with van der Waals surface area (Å²) in [5.74, 6) is 0.768. The number of aliphatic hydroxyl groups is 1. The molecule has 2 aromatic carbocycles. The molecule has 1 aliphatic carbocycles. The molecule has 3 N–H and O–H groups in total. The molecule has 4 aliphatic rings. The zero-order chi connectivity index (χ0) is 38.2. The van der Waals surface area contributed by atoms with Crippen LogP contribution < -0.4 is 20.4 Å². The Hall–Kier alpha value is -5.42. The minimum Gasteiger partial charge on any atom is -0.373 e. The minimum absolute atomic E-state index is 0.0522. The number of benzene rings is 2. The highest BCUT2D eigenvalue weighted by Gasteiger charge is 2.33. The Labute approximate surface area is 313 Å². The lowest BCUT2D eigenvalue weighted by Gasteiger charge is -2.35. The number of carbonyl (C=O) groups excluding carboxylic acids is 2. The average molecular weight is 717 g/mol. The molecule has 11 nitrogen and oxygen atoms in total. The van der Waals surface area contributed by atoms with Crippen molar-refractivity contribution in [3.63, 3.8) is 0 Å². The molecular formula is C42H52N8O3. The molecule has 11 heteroatoms. The third-order valence-corrected chi connectivity index (χ3v) is 9.51. The van der Waals surface area contributed by atoms with Gasteiger partial charge in [0.05, 0.1) is 17.9 Å². The Kier molecular flexibility index (Phi) is 12.7. The molecule has 0 saturated carbocycles. The van der Waals surface area contributed by atoms with Gasteiger partial charge in [0.2, 0.25) is 5.95 Å². The van der Waals surface area contributed by atoms with Crippen molar-refractivity contribution in [3.8, 4) is 0 Å². The van der Waals surface area contributed by atoms with Gasteiger partial charge in [0.15, 0.2) is 5.78 Å². The molecule has 0 radical (unpaired) electrons. The van der Waals surface area contributed by atoms with E-state index in [0.717, 1.165) is 63.5 Å². The largest absolute Gasteiger partial charge is 0.373 e. The molecule has 4 heterocycles. The van der Waals surface area contributed by atoms with E-state index < -0.39 is 12.3 Å². The number of amides is 2. The number of aryl methyl sites for hydroxylation is 1. The number of allylic oxidation sites excluding steroid dienone is 4. The SMILES string of the molecule is CC.CC.CC1=NC=C(Nc2ncc3c(n2)N(C)C(=O)N(c2cc(NC(O)C4C=C5CC(=O)[C@H](C)N=C(c6ccccc6)C5=CC4)ccc2C)C3)CC1. The predicted molar refractivity (Wildman–Crippen MR) is 216 cm³/mol. The molecule has 0 spiro atoms. The van der Waals surface area contributed by atoms with Crippen LogP contribution in [0.25, 0.3) is 0 Å². The average Bonchev–Trinajstić information content (AvgIpc) is 3.31. The van der Waals surface area contributed by atoms with Crippen LogP contribution >= 0.6 is 0 Å². The first-order chi connectivity index (χ1) is 25.6. The number of aliphatic imine (C=N–C) groups is 2. The molecule has 0 saturated heterocycles. The van der Waals surface area contributed by atoms with Crippen molar-refractivity contribution in [2.45, 2.75) is 93.0 Å². The molecule has 3 atom stereocenters. The molecule has 2 unspecified atom stereocenters. The highest BCUT2D eigenvalue weighted by molar-refractivity contribution is 6.18. The molecule has 278 valence electrons. The Morgan fingerprint density at radius 2 is 1.75 bits per heavy atom. The van der Waals surface area contributed by atoms with Gasteiger partial charge in [0.25, 0.3) is 0 Å². The maximum absolute atomic E-state index is 13.7. The van der Waals surface area contributed by atoms with E-state index in [1.807, 2.05) is 103 Å². The highest BCUT2D eigenvalue weighted by atomic mass is 16.3. The monoisotopic (exact) mass is 716 g/mol. The predicted octanol–water partition coefficient (Wildman–Crippen LogP) is 8.38. The van der Waals surface area contributed by atoms with E-state index >= 15 is 0 Å². The number of Topliss-reactive ketones (excluding diaryl/α,β-unsaturated/α-hetero) is 1. The number of urea groups is 1. The van der Waals surface area contributed by atoms with Crippen molar-refractivity contribution in [3.05, 3.63) is 107 Å². The minimum atomic E-state index is -0.928. The molecule has 7 rings (SSSR count). The van der Waals surface area contributed by atoms with Crippen molar-refractivity contribution in [1.82, 2.24) is 9.97 Å². The van der Waals surface area contributed by atoms with Crippen LogP contribution in [0, 0.1) is 12.8 Å². The van der Waals surface area contributed by atoms with Gasteiger partial charge in [-0.1, -0.05) is 76.2 Å². The summed E-state index contributed by atoms with van der Waals surface area (Å²) in [4.78, 5) is 48.3. The number of nitrogens with zero attached hydrogens (tertiary/aromatic N) is 6. The Balaban J connectivity index is 0.00000131. The number of hydrogen-bond donors (Lipinski definition) is 3. The Bertz CT molecular complexity index is 1980. The van der Waals surface area contributed by atoms with Crippen LogP contribution in [0.15, 0.2) is 99.9 Å². The molecule has 0 bridgehead atoms. The second-order valence-corrected chi connectivity index (χ2v) is 13.1. The first-order valence-electron chi connectivity index (χ1n) is 18.7. The van der Waals surface area contributed by atoms with E-state index in [4.69, 9.17) is 4.99 Å². The molecular weight excluding hydrogens is 665 g/mol. The van der Waals surface area contributed by atoms with Crippen LogP contribution in [0.4, 0.5) is 27.9 Å². The standard InChI is InChI=1S/C38H40N8O3.2C2H6/c1-22-10-13-29(42-36(48)26-12-15-31-27(16-26)17-33(47)24(3)41-34(31)25-8-6-5-7-9-25)18-32(22)46-21-28-19-40-37(44-35(28)45(4)38(46)49)43-30-14-11-23(2)39-20-30;2*1-2/h5-10,13,15-16,18-20,24,26,36,42,48H,11-12,14,17,21H2,1-4H3,(H,40,43,44);2*1-2H3/t24-,26?,36?;;/m0../s1. The van der Waals surface area contributed by atoms with E-state index in [2.05, 4.69) is 31.7 Å². The Morgan fingerprint density at radius 3 is 2.47 bits per heavy atom. The van der Waals surface area contributed by atoms with Gasteiger partial charge in [-0.2, -0.15) is 4.98 Å². The second-order valence-electron chi connectivity index (χ2n) is 13.1. The summed E-state index contributed by atoms with van der Waals surface area (Å²) < 4.78 is 0. The Morgan fingerprint density at radius 1 is 1.00 bits per heavy atom. The molecule has 2 amide bonds. The smallest absolute Gasteiger partial charge is 0.330 e. The van der Waals surface area contributed by atoms with E-state index in [-0.39, 0.29) is 24.2 Å². The van der Waals surface area contributed by atoms with Gasteiger partial charge in [0, 0.05) is 60.0 Å². The van der Waals surface area contributed by atoms with Crippen LogP contribution in [0.2, 0.25) is 0 Å². The van der Waals surface area contributed by atoms with E-state index in [9.17, 15) is 14.7 Å². The van der Waals surface area contributed by atoms with Gasteiger partial charge in [-0.15, -0.1) is 0 Å². The van der Waals surface area contributed by atoms with Gasteiger partial charge in [0.1, 0.15) is 18.1 Å². The van der Waals surface area contributed by atoms with Crippen LogP contribution in [-0.4, -0.2) is 57.6 Å². The van der Waals surface area contributed by atoms with Gasteiger partial charge < -0.3 is 15.7 Å². The van der Waals surface area contributed by atoms with Gasteiger partial charge in [-0.05, 0) is 68.9 Å². The van der Waals surface area contributed by atoms with Crippen LogP contribution in [0.5, 0.6) is 0 Å². The van der Waals surface area contributed by atoms with E-state index in [0.29, 0.717) is 30.4 Å². The summed E-state index contributed by atoms with van der Waals surface area (Å²) in [7, 11) is 1.71. The number of rotatable bonds is 7. The number of hydrogen-bond acceptors (Lipinski definition) is 9. The molecule has 3 aromatic rings. The number of aliphatic hydroxyl groups excluding tert-OH is 1. The number of aromatic nitrogens is 2. The molecule has 1 aromatic heterocycles. The first kappa shape index (κ1) is 38.8. The third-order valence-electron chi connectivity index (χ3n) is 9.51. The molecule has 53 heavy (non-hydrogen) atoms. The van der Waals surface area contributed by atoms with Gasteiger partial charge in [-0.25, -0.2) is 9.78 Å². The molecule has 3 aliphatic heterocycles. The van der Waals surface area contributed by atoms with Crippen molar-refractivity contribution in [1.29, 1.82) is 0 Å². The lowest BCUT2D eigenvalue weighted by molar-refractivity contribution is -0.119. The molecule has 0 fully saturated rings. The van der Waals surface area contributed by atoms with Gasteiger partial charge in [-0.3, -0.25) is 24.6 Å². The first-order valence-corrected chi connectivity index (χ1v) is 18.7. The zero-order valence-corrected chi connectivity index (χ0v) is 32.1. The lowest BCUT2D eigenvalue weighted by atomic mass is 9.84. The van der Waals surface area contributed by atoms with Crippen molar-refractivity contribution >= 4 is 46.4 Å². The summed E-state index contributed by atoms with van der Waals surface area (Å²) in [6, 6.07) is 15.0. The van der Waals surface area contributed by atoms with Gasteiger partial charge >= 0.3 is 6.03 Å². The van der Waals surface area contributed by atoms with Crippen molar-refractivity contribution < 1.29 is 14.7 Å². The zero-order valence-electron chi connectivity index (χ0n) is 32.1. The van der Waals surface area contributed by atoms with Crippen LogP contribution in [0.3, 0.4) is 0 Å². The number of carbonyl (C=O) groups is 2. The topological polar surface area (TPSA) is 135 Å². The van der Waals surface area contributed by atoms with Crippen LogP contribution in [0.1, 0.15) is 83.9 Å². The number of fused-ring (bicyclic) bond motifs is 2. The lowest BCUT2D eigenvalue weighted by Crippen LogP contribution is -2.46. The van der Waals surface area contributed by atoms with Crippen LogP contribution in [-0.2, 0) is 11.3 Å². The summed E-state index contributed by atoms with van der Waals surface area (Å²) in [5.41, 5.74) is 8.78. The van der Waals surface area contributed by atoms with Crippen molar-refractivity contribution in [2.24, 2.45) is 15.9 Å². The number of anilines is 4. The fraction of sp³-hybridized carbons (Fsp3) is 0.381. The summed E-state index contributed by atoms with van der Waals surface area (Å²) >= 11 is 0. The summed E-state index contributed by atoms with van der Waals surface area (Å²) in [6.07, 6.45) is 9.28. The van der Waals surface area contributed by atoms with E-state index in [1.54, 1.807) is 24.3 Å². The summed E-state index contributed by atoms with van der Waals surface area (Å²) in [5, 5.41) is 17.9. The quantitative estimate of drug-likeness (QED) is 0.209. The van der Waals surface area contributed by atoms with E-state index in [1.165, 1.54) is 4.90 Å². The maximum atomic E-state index is 13.7.